The molecule has 0 amide bonds. The SMILES string of the molecule is CC(N(C)Cc1cc(Cl)c(N)c(Cl)c1)C(C)(C)C. The van der Waals surface area contributed by atoms with Crippen LogP contribution in [0.25, 0.3) is 0 Å². The molecule has 18 heavy (non-hydrogen) atoms. The van der Waals surface area contributed by atoms with Gasteiger partial charge in [-0.15, -0.1) is 0 Å². The van der Waals surface area contributed by atoms with Gasteiger partial charge in [-0.3, -0.25) is 4.90 Å². The van der Waals surface area contributed by atoms with Gasteiger partial charge in [0.2, 0.25) is 0 Å². The zero-order chi connectivity index (χ0) is 14.1. The summed E-state index contributed by atoms with van der Waals surface area (Å²) in [6.45, 7) is 9.73. The van der Waals surface area contributed by atoms with E-state index in [0.717, 1.165) is 12.1 Å². The molecular weight excluding hydrogens is 267 g/mol. The number of hydrogen-bond donors (Lipinski definition) is 1. The fourth-order valence-corrected chi connectivity index (χ4v) is 2.35. The van der Waals surface area contributed by atoms with Crippen molar-refractivity contribution in [3.63, 3.8) is 0 Å². The third-order valence-corrected chi connectivity index (χ3v) is 4.11. The van der Waals surface area contributed by atoms with Gasteiger partial charge in [-0.2, -0.15) is 0 Å². The van der Waals surface area contributed by atoms with Crippen molar-refractivity contribution in [2.75, 3.05) is 12.8 Å². The molecule has 102 valence electrons. The molecule has 2 nitrogen and oxygen atoms in total. The average molecular weight is 289 g/mol. The van der Waals surface area contributed by atoms with Gasteiger partial charge >= 0.3 is 0 Å². The van der Waals surface area contributed by atoms with Crippen LogP contribution >= 0.6 is 23.2 Å². The minimum absolute atomic E-state index is 0.232. The molecule has 0 aliphatic heterocycles. The molecule has 4 heteroatoms. The summed E-state index contributed by atoms with van der Waals surface area (Å²) in [6, 6.07) is 4.22. The first-order valence-corrected chi connectivity index (χ1v) is 6.82. The predicted octanol–water partition coefficient (Wildman–Crippen LogP) is 4.44. The second kappa shape index (κ2) is 5.68. The molecule has 0 aliphatic rings. The molecule has 0 radical (unpaired) electrons. The minimum Gasteiger partial charge on any atom is -0.396 e. The van der Waals surface area contributed by atoms with E-state index in [1.54, 1.807) is 0 Å². The lowest BCUT2D eigenvalue weighted by molar-refractivity contribution is 0.134. The van der Waals surface area contributed by atoms with Crippen molar-refractivity contribution in [1.29, 1.82) is 0 Å². The van der Waals surface area contributed by atoms with Crippen LogP contribution in [0, 0.1) is 5.41 Å². The van der Waals surface area contributed by atoms with Gasteiger partial charge in [0.05, 0.1) is 15.7 Å². The highest BCUT2D eigenvalue weighted by molar-refractivity contribution is 6.38. The lowest BCUT2D eigenvalue weighted by atomic mass is 9.87. The Bertz CT molecular complexity index is 401. The Labute approximate surface area is 120 Å². The van der Waals surface area contributed by atoms with Crippen molar-refractivity contribution in [1.82, 2.24) is 4.90 Å². The Morgan fingerprint density at radius 2 is 1.67 bits per heavy atom. The fraction of sp³-hybridized carbons (Fsp3) is 0.571. The van der Waals surface area contributed by atoms with Gasteiger partial charge in [0, 0.05) is 12.6 Å². The second-order valence-electron chi connectivity index (χ2n) is 5.93. The largest absolute Gasteiger partial charge is 0.396 e. The van der Waals surface area contributed by atoms with E-state index in [2.05, 4.69) is 39.6 Å². The molecule has 0 aliphatic carbocycles. The summed E-state index contributed by atoms with van der Waals surface area (Å²) < 4.78 is 0. The van der Waals surface area contributed by atoms with Gasteiger partial charge in [0.25, 0.3) is 0 Å². The van der Waals surface area contributed by atoms with Crippen molar-refractivity contribution < 1.29 is 0 Å². The van der Waals surface area contributed by atoms with Gasteiger partial charge in [-0.1, -0.05) is 44.0 Å². The average Bonchev–Trinajstić information content (AvgIpc) is 2.23. The topological polar surface area (TPSA) is 29.3 Å². The number of anilines is 1. The second-order valence-corrected chi connectivity index (χ2v) is 6.74. The highest BCUT2D eigenvalue weighted by Crippen LogP contribution is 2.30. The number of nitrogen functional groups attached to an aromatic ring is 1. The Morgan fingerprint density at radius 3 is 2.06 bits per heavy atom. The molecule has 0 fully saturated rings. The van der Waals surface area contributed by atoms with E-state index in [4.69, 9.17) is 28.9 Å². The number of hydrogen-bond acceptors (Lipinski definition) is 2. The lowest BCUT2D eigenvalue weighted by Crippen LogP contribution is -2.38. The molecule has 0 bridgehead atoms. The number of rotatable bonds is 3. The van der Waals surface area contributed by atoms with E-state index in [1.807, 2.05) is 12.1 Å². The summed E-state index contributed by atoms with van der Waals surface area (Å²) in [5.74, 6) is 0. The van der Waals surface area contributed by atoms with Gasteiger partial charge in [-0.25, -0.2) is 0 Å². The number of benzene rings is 1. The summed E-state index contributed by atoms with van der Waals surface area (Å²) in [7, 11) is 2.11. The number of halogens is 2. The first kappa shape index (κ1) is 15.6. The third kappa shape index (κ3) is 3.78. The summed E-state index contributed by atoms with van der Waals surface area (Å²) >= 11 is 12.1. The summed E-state index contributed by atoms with van der Waals surface area (Å²) in [5.41, 5.74) is 7.50. The van der Waals surface area contributed by atoms with E-state index >= 15 is 0 Å². The molecule has 0 spiro atoms. The van der Waals surface area contributed by atoms with E-state index in [1.165, 1.54) is 0 Å². The molecule has 1 rings (SSSR count). The van der Waals surface area contributed by atoms with Crippen molar-refractivity contribution >= 4 is 28.9 Å². The molecule has 1 aromatic rings. The molecule has 1 atom stereocenters. The minimum atomic E-state index is 0.232. The van der Waals surface area contributed by atoms with E-state index in [-0.39, 0.29) is 5.41 Å². The Kier molecular flexibility index (Phi) is 4.93. The van der Waals surface area contributed by atoms with Gasteiger partial charge in [0.15, 0.2) is 0 Å². The van der Waals surface area contributed by atoms with Crippen molar-refractivity contribution in [2.24, 2.45) is 5.41 Å². The zero-order valence-corrected chi connectivity index (χ0v) is 13.2. The lowest BCUT2D eigenvalue weighted by Gasteiger charge is -2.35. The van der Waals surface area contributed by atoms with Crippen LogP contribution in [-0.2, 0) is 6.54 Å². The van der Waals surface area contributed by atoms with Crippen LogP contribution in [0.2, 0.25) is 10.0 Å². The summed E-state index contributed by atoms with van der Waals surface area (Å²) in [5, 5.41) is 1.05. The zero-order valence-electron chi connectivity index (χ0n) is 11.7. The van der Waals surface area contributed by atoms with E-state index in [9.17, 15) is 0 Å². The Hall–Kier alpha value is -0.440. The van der Waals surface area contributed by atoms with Crippen LogP contribution in [0.15, 0.2) is 12.1 Å². The first-order valence-electron chi connectivity index (χ1n) is 6.06. The van der Waals surface area contributed by atoms with Crippen molar-refractivity contribution in [3.05, 3.63) is 27.7 Å². The normalized spacial score (nSPS) is 14.0. The maximum atomic E-state index is 6.04. The maximum absolute atomic E-state index is 6.04. The molecule has 0 heterocycles. The highest BCUT2D eigenvalue weighted by atomic mass is 35.5. The maximum Gasteiger partial charge on any atom is 0.0693 e. The molecule has 0 saturated carbocycles. The first-order chi connectivity index (χ1) is 8.12. The van der Waals surface area contributed by atoms with Crippen molar-refractivity contribution in [2.45, 2.75) is 40.3 Å². The molecule has 0 saturated heterocycles. The molecule has 1 aromatic carbocycles. The van der Waals surface area contributed by atoms with Gasteiger partial charge < -0.3 is 5.73 Å². The van der Waals surface area contributed by atoms with Crippen LogP contribution in [0.3, 0.4) is 0 Å². The standard InChI is InChI=1S/C14H22Cl2N2/c1-9(14(2,3)4)18(5)8-10-6-11(15)13(17)12(16)7-10/h6-7,9H,8,17H2,1-5H3. The predicted molar refractivity (Wildman–Crippen MR) is 81.3 cm³/mol. The fourth-order valence-electron chi connectivity index (χ4n) is 1.81. The molecule has 2 N–H and O–H groups in total. The van der Waals surface area contributed by atoms with Crippen LogP contribution < -0.4 is 5.73 Å². The van der Waals surface area contributed by atoms with Crippen LogP contribution in [0.4, 0.5) is 5.69 Å². The molecular formula is C14H22Cl2N2. The monoisotopic (exact) mass is 288 g/mol. The third-order valence-electron chi connectivity index (χ3n) is 3.49. The van der Waals surface area contributed by atoms with Crippen molar-refractivity contribution in [3.8, 4) is 0 Å². The van der Waals surface area contributed by atoms with Crippen LogP contribution in [0.1, 0.15) is 33.3 Å². The summed E-state index contributed by atoms with van der Waals surface area (Å²) in [4.78, 5) is 2.29. The Morgan fingerprint density at radius 1 is 1.22 bits per heavy atom. The van der Waals surface area contributed by atoms with Crippen LogP contribution in [0.5, 0.6) is 0 Å². The van der Waals surface area contributed by atoms with Crippen LogP contribution in [-0.4, -0.2) is 18.0 Å². The van der Waals surface area contributed by atoms with Gasteiger partial charge in [-0.05, 0) is 37.1 Å². The van der Waals surface area contributed by atoms with E-state index in [0.29, 0.717) is 21.8 Å². The van der Waals surface area contributed by atoms with E-state index < -0.39 is 0 Å². The quantitative estimate of drug-likeness (QED) is 0.833. The molecule has 1 unspecified atom stereocenters. The number of nitrogens with two attached hydrogens (primary N) is 1. The molecule has 0 aromatic heterocycles. The highest BCUT2D eigenvalue weighted by Gasteiger charge is 2.23. The Balaban J connectivity index is 2.86. The smallest absolute Gasteiger partial charge is 0.0693 e. The number of nitrogens with zero attached hydrogens (tertiary/aromatic N) is 1. The summed E-state index contributed by atoms with van der Waals surface area (Å²) in [6.07, 6.45) is 0. The van der Waals surface area contributed by atoms with Gasteiger partial charge in [0.1, 0.15) is 0 Å².